The third-order valence-corrected chi connectivity index (χ3v) is 5.07. The molecule has 1 aliphatic rings. The van der Waals surface area contributed by atoms with Crippen LogP contribution < -0.4 is 9.80 Å². The van der Waals surface area contributed by atoms with Gasteiger partial charge in [-0.2, -0.15) is 0 Å². The van der Waals surface area contributed by atoms with Crippen LogP contribution in [0, 0.1) is 0 Å². The van der Waals surface area contributed by atoms with Gasteiger partial charge in [0.1, 0.15) is 0 Å². The molecular weight excluding hydrogens is 420 g/mol. The van der Waals surface area contributed by atoms with Crippen LogP contribution in [0.4, 0.5) is 11.4 Å². The van der Waals surface area contributed by atoms with Crippen LogP contribution in [-0.2, 0) is 14.3 Å². The maximum atomic E-state index is 13.2. The summed E-state index contributed by atoms with van der Waals surface area (Å²) in [6, 6.07) is 15.2. The number of carbonyl (C=O) groups is 2. The van der Waals surface area contributed by atoms with Crippen molar-refractivity contribution in [3.05, 3.63) is 75.4 Å². The maximum absolute atomic E-state index is 13.2. The predicted octanol–water partition coefficient (Wildman–Crippen LogP) is 4.39. The van der Waals surface area contributed by atoms with Crippen LogP contribution >= 0.6 is 15.9 Å². The predicted molar refractivity (Wildman–Crippen MR) is 115 cm³/mol. The standard InChI is InChI=1S/C22H21BrN2O3/c1-14-20(22(27)28-4)19(12-15-8-10-17(11-9-15)24(2)3)21(26)25(14)18-7-5-6-16(23)13-18/h5-13H,1-4H3/b19-12-. The molecule has 1 amide bonds. The van der Waals surface area contributed by atoms with E-state index in [-0.39, 0.29) is 11.5 Å². The lowest BCUT2D eigenvalue weighted by molar-refractivity contribution is -0.136. The molecule has 2 aromatic rings. The summed E-state index contributed by atoms with van der Waals surface area (Å²) >= 11 is 3.43. The first kappa shape index (κ1) is 19.9. The number of allylic oxidation sites excluding steroid dienone is 1. The molecule has 144 valence electrons. The Labute approximate surface area is 173 Å². The van der Waals surface area contributed by atoms with E-state index in [0.29, 0.717) is 17.0 Å². The molecule has 0 aromatic heterocycles. The van der Waals surface area contributed by atoms with Gasteiger partial charge in [0.25, 0.3) is 5.91 Å². The molecular formula is C22H21BrN2O3. The third kappa shape index (κ3) is 3.73. The molecule has 2 aromatic carbocycles. The Balaban J connectivity index is 2.09. The minimum absolute atomic E-state index is 0.257. The Morgan fingerprint density at radius 1 is 1.14 bits per heavy atom. The second-order valence-electron chi connectivity index (χ2n) is 6.62. The van der Waals surface area contributed by atoms with Crippen molar-refractivity contribution in [2.75, 3.05) is 31.0 Å². The van der Waals surface area contributed by atoms with Gasteiger partial charge in [-0.05, 0) is 48.9 Å². The molecule has 0 N–H and O–H groups in total. The van der Waals surface area contributed by atoms with Crippen LogP contribution in [0.3, 0.4) is 0 Å². The van der Waals surface area contributed by atoms with Crippen LogP contribution in [0.25, 0.3) is 6.08 Å². The van der Waals surface area contributed by atoms with Crippen molar-refractivity contribution in [3.63, 3.8) is 0 Å². The molecule has 0 bridgehead atoms. The van der Waals surface area contributed by atoms with Gasteiger partial charge in [0.2, 0.25) is 0 Å². The first-order valence-electron chi connectivity index (χ1n) is 8.72. The van der Waals surface area contributed by atoms with E-state index in [1.54, 1.807) is 13.0 Å². The average molecular weight is 441 g/mol. The molecule has 0 atom stereocenters. The largest absolute Gasteiger partial charge is 0.465 e. The van der Waals surface area contributed by atoms with Crippen LogP contribution in [-0.4, -0.2) is 33.1 Å². The summed E-state index contributed by atoms with van der Waals surface area (Å²) in [6.45, 7) is 1.75. The number of amides is 1. The van der Waals surface area contributed by atoms with Crippen molar-refractivity contribution >= 4 is 45.3 Å². The van der Waals surface area contributed by atoms with E-state index in [0.717, 1.165) is 15.7 Å². The highest BCUT2D eigenvalue weighted by molar-refractivity contribution is 9.10. The van der Waals surface area contributed by atoms with Gasteiger partial charge in [-0.3, -0.25) is 9.69 Å². The van der Waals surface area contributed by atoms with Gasteiger partial charge in [-0.25, -0.2) is 4.79 Å². The third-order valence-electron chi connectivity index (χ3n) is 4.58. The highest BCUT2D eigenvalue weighted by atomic mass is 79.9. The van der Waals surface area contributed by atoms with Crippen LogP contribution in [0.2, 0.25) is 0 Å². The second kappa shape index (κ2) is 8.02. The fraction of sp³-hybridized carbons (Fsp3) is 0.182. The Morgan fingerprint density at radius 2 is 1.82 bits per heavy atom. The second-order valence-corrected chi connectivity index (χ2v) is 7.53. The summed E-state index contributed by atoms with van der Waals surface area (Å²) in [5, 5.41) is 0. The number of esters is 1. The van der Waals surface area contributed by atoms with E-state index in [1.807, 2.05) is 67.5 Å². The van der Waals surface area contributed by atoms with Gasteiger partial charge in [0.15, 0.2) is 0 Å². The number of rotatable bonds is 4. The lowest BCUT2D eigenvalue weighted by Gasteiger charge is -2.18. The van der Waals surface area contributed by atoms with Gasteiger partial charge in [0.05, 0.1) is 23.9 Å². The minimum atomic E-state index is -0.528. The van der Waals surface area contributed by atoms with E-state index in [2.05, 4.69) is 15.9 Å². The molecule has 0 fully saturated rings. The number of methoxy groups -OCH3 is 1. The fourth-order valence-electron chi connectivity index (χ4n) is 3.14. The summed E-state index contributed by atoms with van der Waals surface area (Å²) in [6.07, 6.45) is 1.73. The van der Waals surface area contributed by atoms with Gasteiger partial charge in [0, 0.05) is 30.0 Å². The summed E-state index contributed by atoms with van der Waals surface area (Å²) in [7, 11) is 5.24. The topological polar surface area (TPSA) is 49.9 Å². The van der Waals surface area contributed by atoms with Crippen LogP contribution in [0.15, 0.2) is 69.8 Å². The zero-order valence-corrected chi connectivity index (χ0v) is 17.8. The molecule has 0 saturated carbocycles. The van der Waals surface area contributed by atoms with Crippen molar-refractivity contribution in [2.45, 2.75) is 6.92 Å². The van der Waals surface area contributed by atoms with Crippen molar-refractivity contribution in [1.29, 1.82) is 0 Å². The van der Waals surface area contributed by atoms with Gasteiger partial charge >= 0.3 is 5.97 Å². The monoisotopic (exact) mass is 440 g/mol. The number of hydrogen-bond donors (Lipinski definition) is 0. The quantitative estimate of drug-likeness (QED) is 0.522. The first-order valence-corrected chi connectivity index (χ1v) is 9.51. The zero-order valence-electron chi connectivity index (χ0n) is 16.2. The number of anilines is 2. The lowest BCUT2D eigenvalue weighted by Crippen LogP contribution is -2.24. The van der Waals surface area contributed by atoms with Gasteiger partial charge in [-0.1, -0.05) is 34.1 Å². The molecule has 6 heteroatoms. The molecule has 0 saturated heterocycles. The zero-order chi connectivity index (χ0) is 20.4. The van der Waals surface area contributed by atoms with E-state index in [9.17, 15) is 9.59 Å². The summed E-state index contributed by atoms with van der Waals surface area (Å²) in [5.41, 5.74) is 3.72. The Kier molecular flexibility index (Phi) is 5.70. The van der Waals surface area contributed by atoms with Crippen LogP contribution in [0.5, 0.6) is 0 Å². The number of nitrogens with zero attached hydrogens (tertiary/aromatic N) is 2. The first-order chi connectivity index (χ1) is 13.3. The number of benzene rings is 2. The van der Waals surface area contributed by atoms with Gasteiger partial charge in [-0.15, -0.1) is 0 Å². The Bertz CT molecular complexity index is 991. The SMILES string of the molecule is COC(=O)C1=C(C)N(c2cccc(Br)c2)C(=O)/C1=C\c1ccc(N(C)C)cc1. The van der Waals surface area contributed by atoms with E-state index in [1.165, 1.54) is 12.0 Å². The molecule has 1 heterocycles. The fourth-order valence-corrected chi connectivity index (χ4v) is 3.53. The lowest BCUT2D eigenvalue weighted by atomic mass is 10.0. The van der Waals surface area contributed by atoms with Crippen molar-refractivity contribution in [2.24, 2.45) is 0 Å². The molecule has 3 rings (SSSR count). The highest BCUT2D eigenvalue weighted by Gasteiger charge is 2.37. The highest BCUT2D eigenvalue weighted by Crippen LogP contribution is 2.36. The smallest absolute Gasteiger partial charge is 0.340 e. The van der Waals surface area contributed by atoms with Gasteiger partial charge < -0.3 is 9.64 Å². The van der Waals surface area contributed by atoms with E-state index >= 15 is 0 Å². The van der Waals surface area contributed by atoms with Crippen LogP contribution in [0.1, 0.15) is 12.5 Å². The minimum Gasteiger partial charge on any atom is -0.465 e. The molecule has 1 aliphatic heterocycles. The molecule has 0 radical (unpaired) electrons. The summed E-state index contributed by atoms with van der Waals surface area (Å²) in [4.78, 5) is 29.2. The summed E-state index contributed by atoms with van der Waals surface area (Å²) in [5.74, 6) is -0.785. The molecule has 0 spiro atoms. The Hall–Kier alpha value is -2.86. The molecule has 28 heavy (non-hydrogen) atoms. The molecule has 0 aliphatic carbocycles. The average Bonchev–Trinajstić information content (AvgIpc) is 2.91. The Morgan fingerprint density at radius 3 is 2.39 bits per heavy atom. The number of halogens is 1. The normalized spacial score (nSPS) is 15.4. The molecule has 0 unspecified atom stereocenters. The maximum Gasteiger partial charge on any atom is 0.340 e. The molecule has 5 nitrogen and oxygen atoms in total. The number of carbonyl (C=O) groups excluding carboxylic acids is 2. The van der Waals surface area contributed by atoms with Crippen molar-refractivity contribution < 1.29 is 14.3 Å². The number of hydrogen-bond acceptors (Lipinski definition) is 4. The van der Waals surface area contributed by atoms with Crippen molar-refractivity contribution in [3.8, 4) is 0 Å². The number of ether oxygens (including phenoxy) is 1. The summed E-state index contributed by atoms with van der Waals surface area (Å²) < 4.78 is 5.80. The van der Waals surface area contributed by atoms with Crippen molar-refractivity contribution in [1.82, 2.24) is 0 Å². The van der Waals surface area contributed by atoms with E-state index in [4.69, 9.17) is 4.74 Å². The van der Waals surface area contributed by atoms with E-state index < -0.39 is 5.97 Å².